The van der Waals surface area contributed by atoms with Crippen LogP contribution in [-0.4, -0.2) is 38.2 Å². The number of sulfonamides is 1. The highest BCUT2D eigenvalue weighted by Gasteiger charge is 2.30. The van der Waals surface area contributed by atoms with Crippen LogP contribution in [0.25, 0.3) is 0 Å². The summed E-state index contributed by atoms with van der Waals surface area (Å²) in [4.78, 5) is 0. The fraction of sp³-hybridized carbons (Fsp3) is 0.333. The van der Waals surface area contributed by atoms with Crippen molar-refractivity contribution < 1.29 is 17.5 Å². The summed E-state index contributed by atoms with van der Waals surface area (Å²) in [6.45, 7) is 0.886. The highest BCUT2D eigenvalue weighted by molar-refractivity contribution is 7.89. The van der Waals surface area contributed by atoms with Gasteiger partial charge in [-0.05, 0) is 35.7 Å². The van der Waals surface area contributed by atoms with Crippen LogP contribution in [0.15, 0.2) is 48.5 Å². The number of nitrogens with zero attached hydrogens (tertiary/aromatic N) is 1. The average molecular weight is 384 g/mol. The maximum absolute atomic E-state index is 13.7. The minimum absolute atomic E-state index is 0.124. The molecule has 3 rings (SSSR count). The Balaban J connectivity index is 1.67. The second-order valence-electron chi connectivity index (χ2n) is 5.93. The van der Waals surface area contributed by atoms with Crippen molar-refractivity contribution in [1.29, 1.82) is 0 Å². The first-order chi connectivity index (χ1) is 12.0. The van der Waals surface area contributed by atoms with Gasteiger partial charge >= 0.3 is 0 Å². The van der Waals surface area contributed by atoms with Gasteiger partial charge in [0.2, 0.25) is 10.0 Å². The molecular weight excluding hydrogens is 365 g/mol. The molecule has 2 aromatic rings. The Labute approximate surface area is 152 Å². The first kappa shape index (κ1) is 18.3. The Morgan fingerprint density at radius 3 is 2.60 bits per heavy atom. The van der Waals surface area contributed by atoms with E-state index in [0.717, 1.165) is 5.56 Å². The molecule has 0 spiro atoms. The highest BCUT2D eigenvalue weighted by Crippen LogP contribution is 2.25. The first-order valence-corrected chi connectivity index (χ1v) is 10.0. The lowest BCUT2D eigenvalue weighted by molar-refractivity contribution is -0.00253. The topological polar surface area (TPSA) is 46.6 Å². The minimum Gasteiger partial charge on any atom is -0.371 e. The standard InChI is InChI=1S/C18H19ClFNO3S/c19-16-7-5-15(6-8-16)18-13-21(10-11-24-18)25(22,23)12-9-14-3-1-2-4-17(14)20/h1-8,18H,9-13H2. The van der Waals surface area contributed by atoms with E-state index in [0.29, 0.717) is 23.7 Å². The number of benzene rings is 2. The molecule has 0 radical (unpaired) electrons. The molecule has 0 aromatic heterocycles. The normalized spacial score (nSPS) is 19.0. The number of hydrogen-bond donors (Lipinski definition) is 0. The lowest BCUT2D eigenvalue weighted by Crippen LogP contribution is -2.43. The van der Waals surface area contributed by atoms with Crippen molar-refractivity contribution in [3.05, 3.63) is 70.5 Å². The van der Waals surface area contributed by atoms with E-state index in [1.165, 1.54) is 10.4 Å². The van der Waals surface area contributed by atoms with Gasteiger partial charge in [-0.2, -0.15) is 4.31 Å². The van der Waals surface area contributed by atoms with Gasteiger partial charge in [-0.15, -0.1) is 0 Å². The maximum atomic E-state index is 13.7. The molecular formula is C18H19ClFNO3S. The molecule has 1 atom stereocenters. The molecule has 0 aliphatic carbocycles. The van der Waals surface area contributed by atoms with Gasteiger partial charge in [0.1, 0.15) is 5.82 Å². The lowest BCUT2D eigenvalue weighted by atomic mass is 10.1. The Morgan fingerprint density at radius 1 is 1.16 bits per heavy atom. The molecule has 0 amide bonds. The molecule has 1 aliphatic heterocycles. The molecule has 0 N–H and O–H groups in total. The molecule has 1 unspecified atom stereocenters. The van der Waals surface area contributed by atoms with E-state index in [4.69, 9.17) is 16.3 Å². The predicted molar refractivity (Wildman–Crippen MR) is 95.6 cm³/mol. The maximum Gasteiger partial charge on any atom is 0.214 e. The van der Waals surface area contributed by atoms with E-state index in [1.807, 2.05) is 12.1 Å². The third-order valence-corrected chi connectivity index (χ3v) is 6.34. The van der Waals surface area contributed by atoms with Gasteiger partial charge in [-0.1, -0.05) is 41.9 Å². The number of aryl methyl sites for hydroxylation is 1. The predicted octanol–water partition coefficient (Wildman–Crippen LogP) is 3.42. The quantitative estimate of drug-likeness (QED) is 0.794. The monoisotopic (exact) mass is 383 g/mol. The van der Waals surface area contributed by atoms with Crippen molar-refractivity contribution >= 4 is 21.6 Å². The largest absolute Gasteiger partial charge is 0.371 e. The van der Waals surface area contributed by atoms with E-state index in [9.17, 15) is 12.8 Å². The van der Waals surface area contributed by atoms with Crippen molar-refractivity contribution in [2.24, 2.45) is 0 Å². The summed E-state index contributed by atoms with van der Waals surface area (Å²) in [5.41, 5.74) is 1.30. The zero-order chi connectivity index (χ0) is 17.9. The minimum atomic E-state index is -3.49. The summed E-state index contributed by atoms with van der Waals surface area (Å²) >= 11 is 5.89. The van der Waals surface area contributed by atoms with E-state index in [2.05, 4.69) is 0 Å². The van der Waals surface area contributed by atoms with Crippen LogP contribution in [0.1, 0.15) is 17.2 Å². The number of ether oxygens (including phenoxy) is 1. The number of hydrogen-bond acceptors (Lipinski definition) is 3. The van der Waals surface area contributed by atoms with Gasteiger partial charge in [0.15, 0.2) is 0 Å². The van der Waals surface area contributed by atoms with Gasteiger partial charge in [-0.25, -0.2) is 12.8 Å². The van der Waals surface area contributed by atoms with Gasteiger partial charge in [0.25, 0.3) is 0 Å². The summed E-state index contributed by atoms with van der Waals surface area (Å²) in [6.07, 6.45) is -0.174. The summed E-state index contributed by atoms with van der Waals surface area (Å²) in [6, 6.07) is 13.4. The second kappa shape index (κ2) is 7.83. The highest BCUT2D eigenvalue weighted by atomic mass is 35.5. The third kappa shape index (κ3) is 4.58. The van der Waals surface area contributed by atoms with Crippen LogP contribution >= 0.6 is 11.6 Å². The zero-order valence-corrected chi connectivity index (χ0v) is 15.1. The lowest BCUT2D eigenvalue weighted by Gasteiger charge is -2.32. The molecule has 1 aliphatic rings. The molecule has 25 heavy (non-hydrogen) atoms. The number of morpholine rings is 1. The summed E-state index contributed by atoms with van der Waals surface area (Å²) in [5, 5.41) is 0.619. The molecule has 0 saturated carbocycles. The summed E-state index contributed by atoms with van der Waals surface area (Å²) in [5.74, 6) is -0.500. The first-order valence-electron chi connectivity index (χ1n) is 8.04. The summed E-state index contributed by atoms with van der Waals surface area (Å²) < 4.78 is 46.1. The molecule has 7 heteroatoms. The van der Waals surface area contributed by atoms with Crippen LogP contribution in [0.2, 0.25) is 5.02 Å². The van der Waals surface area contributed by atoms with Crippen molar-refractivity contribution in [1.82, 2.24) is 4.31 Å². The van der Waals surface area contributed by atoms with E-state index in [-0.39, 0.29) is 30.6 Å². The SMILES string of the molecule is O=S(=O)(CCc1ccccc1F)N1CCOC(c2ccc(Cl)cc2)C1. The Bertz CT molecular complexity index is 826. The van der Waals surface area contributed by atoms with Gasteiger partial charge in [0.05, 0.1) is 18.5 Å². The van der Waals surface area contributed by atoms with Crippen LogP contribution in [-0.2, 0) is 21.2 Å². The van der Waals surface area contributed by atoms with Crippen LogP contribution in [0.4, 0.5) is 4.39 Å². The fourth-order valence-electron chi connectivity index (χ4n) is 2.83. The van der Waals surface area contributed by atoms with Gasteiger partial charge in [0, 0.05) is 18.1 Å². The third-order valence-electron chi connectivity index (χ3n) is 4.25. The van der Waals surface area contributed by atoms with Crippen LogP contribution in [0, 0.1) is 5.82 Å². The second-order valence-corrected chi connectivity index (χ2v) is 8.45. The van der Waals surface area contributed by atoms with Crippen molar-refractivity contribution in [2.45, 2.75) is 12.5 Å². The van der Waals surface area contributed by atoms with E-state index >= 15 is 0 Å². The molecule has 1 fully saturated rings. The molecule has 134 valence electrons. The van der Waals surface area contributed by atoms with Crippen LogP contribution in [0.5, 0.6) is 0 Å². The summed E-state index contributed by atoms with van der Waals surface area (Å²) in [7, 11) is -3.49. The molecule has 0 bridgehead atoms. The van der Waals surface area contributed by atoms with Crippen molar-refractivity contribution in [3.63, 3.8) is 0 Å². The number of rotatable bonds is 5. The average Bonchev–Trinajstić information content (AvgIpc) is 2.62. The van der Waals surface area contributed by atoms with E-state index in [1.54, 1.807) is 30.3 Å². The van der Waals surface area contributed by atoms with Gasteiger partial charge < -0.3 is 4.74 Å². The zero-order valence-electron chi connectivity index (χ0n) is 13.6. The Morgan fingerprint density at radius 2 is 1.88 bits per heavy atom. The molecule has 2 aromatic carbocycles. The van der Waals surface area contributed by atoms with Crippen LogP contribution < -0.4 is 0 Å². The van der Waals surface area contributed by atoms with Crippen molar-refractivity contribution in [3.8, 4) is 0 Å². The Hall–Kier alpha value is -1.47. The van der Waals surface area contributed by atoms with Crippen molar-refractivity contribution in [2.75, 3.05) is 25.4 Å². The van der Waals surface area contributed by atoms with Crippen LogP contribution in [0.3, 0.4) is 0 Å². The Kier molecular flexibility index (Phi) is 5.74. The fourth-order valence-corrected chi connectivity index (χ4v) is 4.40. The van der Waals surface area contributed by atoms with Gasteiger partial charge in [-0.3, -0.25) is 0 Å². The molecule has 4 nitrogen and oxygen atoms in total. The molecule has 1 saturated heterocycles. The number of halogens is 2. The molecule has 1 heterocycles. The van der Waals surface area contributed by atoms with E-state index < -0.39 is 10.0 Å². The smallest absolute Gasteiger partial charge is 0.214 e.